The van der Waals surface area contributed by atoms with Gasteiger partial charge in [-0.05, 0) is 60.7 Å². The van der Waals surface area contributed by atoms with Crippen LogP contribution in [0.15, 0.2) is 21.2 Å². The molecule has 0 bridgehead atoms. The number of fused-ring (bicyclic) bond motifs is 1. The summed E-state index contributed by atoms with van der Waals surface area (Å²) in [7, 11) is 0. The fourth-order valence-electron chi connectivity index (χ4n) is 2.97. The molecule has 3 rings (SSSR count). The number of carbonyl (C=O) groups is 1. The molecule has 1 aliphatic carbocycles. The highest BCUT2D eigenvalue weighted by Gasteiger charge is 2.56. The van der Waals surface area contributed by atoms with Crippen LogP contribution >= 0.6 is 15.9 Å². The van der Waals surface area contributed by atoms with Gasteiger partial charge in [-0.2, -0.15) is 0 Å². The third-order valence-electron chi connectivity index (χ3n) is 3.99. The highest BCUT2D eigenvalue weighted by Crippen LogP contribution is 2.45. The third kappa shape index (κ3) is 3.43. The minimum absolute atomic E-state index is 0.191. The van der Waals surface area contributed by atoms with Gasteiger partial charge >= 0.3 is 6.09 Å². The maximum Gasteiger partial charge on any atom is 0.410 e. The molecule has 1 saturated carbocycles. The SMILES string of the molecule is CC(C)(C)OC(=O)N1CC2C(C1)C2NCc1ccc(Br)o1. The van der Waals surface area contributed by atoms with Crippen LogP contribution < -0.4 is 5.32 Å². The molecule has 2 aliphatic rings. The van der Waals surface area contributed by atoms with Crippen molar-refractivity contribution in [2.24, 2.45) is 11.8 Å². The Bertz CT molecular complexity index is 525. The molecule has 1 N–H and O–H groups in total. The van der Waals surface area contributed by atoms with Gasteiger partial charge < -0.3 is 19.4 Å². The zero-order valence-corrected chi connectivity index (χ0v) is 14.1. The van der Waals surface area contributed by atoms with Gasteiger partial charge in [0, 0.05) is 19.1 Å². The minimum Gasteiger partial charge on any atom is -0.453 e. The molecule has 5 nitrogen and oxygen atoms in total. The minimum atomic E-state index is -0.422. The highest BCUT2D eigenvalue weighted by atomic mass is 79.9. The second-order valence-corrected chi connectivity index (χ2v) is 7.61. The normalized spacial score (nSPS) is 27.6. The number of likely N-dealkylation sites (tertiary alicyclic amines) is 1. The van der Waals surface area contributed by atoms with Crippen LogP contribution in [-0.2, 0) is 11.3 Å². The molecule has 1 aromatic rings. The molecule has 2 heterocycles. The molecule has 1 saturated heterocycles. The zero-order valence-electron chi connectivity index (χ0n) is 12.6. The molecular formula is C15H21BrN2O3. The Kier molecular flexibility index (Phi) is 3.78. The van der Waals surface area contributed by atoms with E-state index in [0.717, 1.165) is 30.1 Å². The summed E-state index contributed by atoms with van der Waals surface area (Å²) in [6.07, 6.45) is -0.191. The molecule has 21 heavy (non-hydrogen) atoms. The summed E-state index contributed by atoms with van der Waals surface area (Å²) >= 11 is 3.30. The van der Waals surface area contributed by atoms with E-state index in [1.807, 2.05) is 37.8 Å². The van der Waals surface area contributed by atoms with Crippen molar-refractivity contribution in [3.05, 3.63) is 22.6 Å². The summed E-state index contributed by atoms with van der Waals surface area (Å²) in [5.74, 6) is 2.03. The highest BCUT2D eigenvalue weighted by molar-refractivity contribution is 9.10. The number of piperidine rings is 1. The lowest BCUT2D eigenvalue weighted by Crippen LogP contribution is -2.39. The van der Waals surface area contributed by atoms with Crippen molar-refractivity contribution in [3.8, 4) is 0 Å². The van der Waals surface area contributed by atoms with Crippen molar-refractivity contribution in [1.82, 2.24) is 10.2 Å². The predicted molar refractivity (Wildman–Crippen MR) is 81.8 cm³/mol. The second kappa shape index (κ2) is 5.32. The number of amides is 1. The van der Waals surface area contributed by atoms with Crippen LogP contribution in [0.2, 0.25) is 0 Å². The maximum absolute atomic E-state index is 12.0. The fraction of sp³-hybridized carbons (Fsp3) is 0.667. The topological polar surface area (TPSA) is 54.7 Å². The third-order valence-corrected chi connectivity index (χ3v) is 4.41. The van der Waals surface area contributed by atoms with E-state index in [1.165, 1.54) is 0 Å². The first-order valence-corrected chi connectivity index (χ1v) is 8.08. The first-order valence-electron chi connectivity index (χ1n) is 7.29. The molecule has 0 aromatic carbocycles. The number of rotatable bonds is 3. The molecule has 2 fully saturated rings. The Morgan fingerprint density at radius 1 is 1.43 bits per heavy atom. The Morgan fingerprint density at radius 2 is 2.10 bits per heavy atom. The maximum atomic E-state index is 12.0. The standard InChI is InChI=1S/C15H21BrN2O3/c1-15(2,3)21-14(19)18-7-10-11(8-18)13(10)17-6-9-4-5-12(16)20-9/h4-5,10-11,13,17H,6-8H2,1-3H3. The van der Waals surface area contributed by atoms with E-state index in [4.69, 9.17) is 9.15 Å². The number of carbonyl (C=O) groups excluding carboxylic acids is 1. The van der Waals surface area contributed by atoms with Gasteiger partial charge in [0.05, 0.1) is 6.54 Å². The molecular weight excluding hydrogens is 336 g/mol. The quantitative estimate of drug-likeness (QED) is 0.904. The lowest BCUT2D eigenvalue weighted by atomic mass is 10.2. The Hall–Kier alpha value is -1.01. The average molecular weight is 357 g/mol. The number of halogens is 1. The van der Waals surface area contributed by atoms with Crippen molar-refractivity contribution in [3.63, 3.8) is 0 Å². The molecule has 0 spiro atoms. The van der Waals surface area contributed by atoms with Crippen LogP contribution in [0, 0.1) is 11.8 Å². The number of nitrogens with one attached hydrogen (secondary N) is 1. The van der Waals surface area contributed by atoms with Gasteiger partial charge in [0.2, 0.25) is 0 Å². The van der Waals surface area contributed by atoms with Gasteiger partial charge in [0.1, 0.15) is 11.4 Å². The van der Waals surface area contributed by atoms with Crippen molar-refractivity contribution in [1.29, 1.82) is 0 Å². The Balaban J connectivity index is 1.43. The molecule has 0 radical (unpaired) electrons. The molecule has 116 valence electrons. The van der Waals surface area contributed by atoms with E-state index in [1.54, 1.807) is 0 Å². The monoisotopic (exact) mass is 356 g/mol. The van der Waals surface area contributed by atoms with Gasteiger partial charge in [-0.1, -0.05) is 0 Å². The van der Waals surface area contributed by atoms with Crippen LogP contribution in [0.1, 0.15) is 26.5 Å². The summed E-state index contributed by atoms with van der Waals surface area (Å²) in [6.45, 7) is 8.00. The van der Waals surface area contributed by atoms with E-state index >= 15 is 0 Å². The molecule has 1 amide bonds. The first-order chi connectivity index (χ1) is 9.83. The molecule has 1 aliphatic heterocycles. The van der Waals surface area contributed by atoms with E-state index in [2.05, 4.69) is 21.2 Å². The van der Waals surface area contributed by atoms with Crippen LogP contribution in [0.3, 0.4) is 0 Å². The number of furan rings is 1. The van der Waals surface area contributed by atoms with Gasteiger partial charge in [0.25, 0.3) is 0 Å². The summed E-state index contributed by atoms with van der Waals surface area (Å²) in [5.41, 5.74) is -0.422. The summed E-state index contributed by atoms with van der Waals surface area (Å²) in [4.78, 5) is 13.8. The predicted octanol–water partition coefficient (Wildman–Crippen LogP) is 3.00. The van der Waals surface area contributed by atoms with Crippen molar-refractivity contribution in [2.75, 3.05) is 13.1 Å². The summed E-state index contributed by atoms with van der Waals surface area (Å²) < 4.78 is 11.6. The van der Waals surface area contributed by atoms with E-state index in [9.17, 15) is 4.79 Å². The van der Waals surface area contributed by atoms with Crippen molar-refractivity contribution >= 4 is 22.0 Å². The average Bonchev–Trinajstić information content (AvgIpc) is 2.77. The molecule has 2 atom stereocenters. The van der Waals surface area contributed by atoms with E-state index in [-0.39, 0.29) is 6.09 Å². The van der Waals surface area contributed by atoms with Crippen LogP contribution in [0.25, 0.3) is 0 Å². The number of nitrogens with zero attached hydrogens (tertiary/aromatic N) is 1. The lowest BCUT2D eigenvalue weighted by Gasteiger charge is -2.26. The molecule has 6 heteroatoms. The molecule has 1 aromatic heterocycles. The fourth-order valence-corrected chi connectivity index (χ4v) is 3.31. The second-order valence-electron chi connectivity index (χ2n) is 6.83. The van der Waals surface area contributed by atoms with Gasteiger partial charge in [0.15, 0.2) is 4.67 Å². The first kappa shape index (κ1) is 14.9. The largest absolute Gasteiger partial charge is 0.453 e. The van der Waals surface area contributed by atoms with Gasteiger partial charge in [-0.3, -0.25) is 0 Å². The number of ether oxygens (including phenoxy) is 1. The van der Waals surface area contributed by atoms with Gasteiger partial charge in [-0.15, -0.1) is 0 Å². The summed E-state index contributed by atoms with van der Waals surface area (Å²) in [5, 5.41) is 3.50. The smallest absolute Gasteiger partial charge is 0.410 e. The number of hydrogen-bond donors (Lipinski definition) is 1. The number of hydrogen-bond acceptors (Lipinski definition) is 4. The van der Waals surface area contributed by atoms with Crippen LogP contribution in [0.5, 0.6) is 0 Å². The van der Waals surface area contributed by atoms with Gasteiger partial charge in [-0.25, -0.2) is 4.79 Å². The van der Waals surface area contributed by atoms with Crippen LogP contribution in [-0.4, -0.2) is 35.7 Å². The Morgan fingerprint density at radius 3 is 2.62 bits per heavy atom. The van der Waals surface area contributed by atoms with E-state index in [0.29, 0.717) is 17.9 Å². The Labute approximate surface area is 133 Å². The van der Waals surface area contributed by atoms with Crippen LogP contribution in [0.4, 0.5) is 4.79 Å². The van der Waals surface area contributed by atoms with E-state index < -0.39 is 5.60 Å². The summed E-state index contributed by atoms with van der Waals surface area (Å²) in [6, 6.07) is 4.35. The van der Waals surface area contributed by atoms with Crippen molar-refractivity contribution < 1.29 is 13.9 Å². The lowest BCUT2D eigenvalue weighted by molar-refractivity contribution is 0.0269. The molecule has 2 unspecified atom stereocenters. The van der Waals surface area contributed by atoms with Crippen molar-refractivity contribution in [2.45, 2.75) is 39.0 Å². The zero-order chi connectivity index (χ0) is 15.2.